The summed E-state index contributed by atoms with van der Waals surface area (Å²) in [5.74, 6) is -0.877. The summed E-state index contributed by atoms with van der Waals surface area (Å²) in [7, 11) is 0. The molecule has 0 atom stereocenters. The van der Waals surface area contributed by atoms with Crippen LogP contribution >= 0.6 is 0 Å². The molecule has 3 heterocycles. The van der Waals surface area contributed by atoms with Gasteiger partial charge in [-0.05, 0) is 36.4 Å². The van der Waals surface area contributed by atoms with Gasteiger partial charge in [0.25, 0.3) is 11.5 Å². The first kappa shape index (κ1) is 19.1. The first-order valence-corrected chi connectivity index (χ1v) is 8.97. The van der Waals surface area contributed by atoms with Crippen molar-refractivity contribution >= 4 is 16.9 Å². The molecule has 0 spiro atoms. The molecule has 1 amide bonds. The van der Waals surface area contributed by atoms with Gasteiger partial charge >= 0.3 is 5.69 Å². The van der Waals surface area contributed by atoms with E-state index in [0.29, 0.717) is 22.3 Å². The molecule has 4 rings (SSSR count). The third-order valence-corrected chi connectivity index (χ3v) is 4.33. The van der Waals surface area contributed by atoms with E-state index < -0.39 is 17.1 Å². The zero-order chi connectivity index (χ0) is 21.1. The Hall–Kier alpha value is -4.21. The number of ether oxygens (including phenoxy) is 1. The molecule has 0 radical (unpaired) electrons. The molecule has 0 aliphatic carbocycles. The van der Waals surface area contributed by atoms with E-state index in [4.69, 9.17) is 4.74 Å². The van der Waals surface area contributed by atoms with E-state index in [2.05, 4.69) is 25.3 Å². The number of hydrogen-bond donors (Lipinski definition) is 4. The van der Waals surface area contributed by atoms with Crippen LogP contribution < -0.4 is 21.3 Å². The van der Waals surface area contributed by atoms with Gasteiger partial charge in [-0.25, -0.2) is 9.18 Å². The van der Waals surface area contributed by atoms with Gasteiger partial charge in [0.2, 0.25) is 0 Å². The van der Waals surface area contributed by atoms with Crippen LogP contribution in [-0.2, 0) is 0 Å². The summed E-state index contributed by atoms with van der Waals surface area (Å²) >= 11 is 0. The van der Waals surface area contributed by atoms with E-state index in [9.17, 15) is 18.8 Å². The Morgan fingerprint density at radius 2 is 2.00 bits per heavy atom. The maximum atomic E-state index is 14.4. The fourth-order valence-electron chi connectivity index (χ4n) is 2.92. The van der Waals surface area contributed by atoms with Crippen molar-refractivity contribution in [3.8, 4) is 17.0 Å². The van der Waals surface area contributed by atoms with Gasteiger partial charge in [0, 0.05) is 23.7 Å². The number of halogens is 1. The fraction of sp³-hybridized carbons (Fsp3) is 0.100. The number of carbonyl (C=O) groups is 1. The summed E-state index contributed by atoms with van der Waals surface area (Å²) in [4.78, 5) is 46.4. The second-order valence-corrected chi connectivity index (χ2v) is 6.37. The molecule has 4 N–H and O–H groups in total. The minimum absolute atomic E-state index is 0.0248. The van der Waals surface area contributed by atoms with Crippen molar-refractivity contribution < 1.29 is 13.9 Å². The highest BCUT2D eigenvalue weighted by Crippen LogP contribution is 2.26. The monoisotopic (exact) mass is 409 g/mol. The lowest BCUT2D eigenvalue weighted by atomic mass is 10.1. The molecule has 0 saturated heterocycles. The van der Waals surface area contributed by atoms with Gasteiger partial charge in [-0.1, -0.05) is 0 Å². The van der Waals surface area contributed by atoms with Gasteiger partial charge in [0.05, 0.1) is 17.6 Å². The molecule has 9 nitrogen and oxygen atoms in total. The highest BCUT2D eigenvalue weighted by atomic mass is 19.1. The summed E-state index contributed by atoms with van der Waals surface area (Å²) in [5, 5.41) is 2.66. The molecule has 3 aromatic heterocycles. The molecule has 1 aromatic carbocycles. The maximum absolute atomic E-state index is 14.4. The molecule has 4 aromatic rings. The van der Waals surface area contributed by atoms with Crippen LogP contribution in [0.25, 0.3) is 22.3 Å². The summed E-state index contributed by atoms with van der Waals surface area (Å²) in [6.45, 7) is 0.262. The molecular formula is C20H16FN5O4. The Balaban J connectivity index is 1.41. The van der Waals surface area contributed by atoms with E-state index in [1.165, 1.54) is 18.3 Å². The van der Waals surface area contributed by atoms with Crippen LogP contribution in [0.3, 0.4) is 0 Å². The van der Waals surface area contributed by atoms with Crippen LogP contribution in [0.2, 0.25) is 0 Å². The number of rotatable bonds is 6. The third-order valence-electron chi connectivity index (χ3n) is 4.33. The molecule has 0 unspecified atom stereocenters. The number of nitrogens with zero attached hydrogens (tertiary/aromatic N) is 1. The Morgan fingerprint density at radius 3 is 2.77 bits per heavy atom. The second-order valence-electron chi connectivity index (χ2n) is 6.37. The van der Waals surface area contributed by atoms with Crippen molar-refractivity contribution in [1.29, 1.82) is 0 Å². The summed E-state index contributed by atoms with van der Waals surface area (Å²) in [6.07, 6.45) is 3.02. The number of hydrogen-bond acceptors (Lipinski definition) is 5. The summed E-state index contributed by atoms with van der Waals surface area (Å²) in [6, 6.07) is 9.16. The summed E-state index contributed by atoms with van der Waals surface area (Å²) < 4.78 is 19.8. The Labute approximate surface area is 168 Å². The fourth-order valence-corrected chi connectivity index (χ4v) is 2.92. The number of aromatic amines is 3. The van der Waals surface area contributed by atoms with Crippen molar-refractivity contribution in [2.45, 2.75) is 0 Å². The van der Waals surface area contributed by atoms with E-state index in [1.54, 1.807) is 30.5 Å². The quantitative estimate of drug-likeness (QED) is 0.359. The first-order valence-electron chi connectivity index (χ1n) is 8.97. The Kier molecular flexibility index (Phi) is 5.12. The van der Waals surface area contributed by atoms with E-state index >= 15 is 0 Å². The molecule has 0 saturated carbocycles. The highest BCUT2D eigenvalue weighted by molar-refractivity contribution is 5.93. The average Bonchev–Trinajstić information content (AvgIpc) is 3.17. The molecule has 0 fully saturated rings. The zero-order valence-electron chi connectivity index (χ0n) is 15.5. The first-order chi connectivity index (χ1) is 14.5. The number of fused-ring (bicyclic) bond motifs is 1. The highest BCUT2D eigenvalue weighted by Gasteiger charge is 2.11. The Morgan fingerprint density at radius 1 is 1.13 bits per heavy atom. The molecule has 10 heteroatoms. The molecule has 30 heavy (non-hydrogen) atoms. The normalized spacial score (nSPS) is 10.8. The van der Waals surface area contributed by atoms with Crippen LogP contribution in [-0.4, -0.2) is 39.0 Å². The average molecular weight is 409 g/mol. The summed E-state index contributed by atoms with van der Waals surface area (Å²) in [5.41, 5.74) is 0.690. The van der Waals surface area contributed by atoms with E-state index in [0.717, 1.165) is 0 Å². The van der Waals surface area contributed by atoms with Crippen LogP contribution in [0, 0.1) is 5.82 Å². The van der Waals surface area contributed by atoms with Gasteiger partial charge in [0.15, 0.2) is 11.6 Å². The van der Waals surface area contributed by atoms with E-state index in [-0.39, 0.29) is 30.3 Å². The van der Waals surface area contributed by atoms with Crippen molar-refractivity contribution in [3.05, 3.63) is 81.0 Å². The van der Waals surface area contributed by atoms with Crippen LogP contribution in [0.5, 0.6) is 5.75 Å². The van der Waals surface area contributed by atoms with Gasteiger partial charge in [0.1, 0.15) is 12.1 Å². The number of amides is 1. The smallest absolute Gasteiger partial charge is 0.326 e. The molecule has 0 aliphatic heterocycles. The lowest BCUT2D eigenvalue weighted by Crippen LogP contribution is -2.28. The lowest BCUT2D eigenvalue weighted by Gasteiger charge is -2.09. The van der Waals surface area contributed by atoms with Crippen LogP contribution in [0.4, 0.5) is 4.39 Å². The number of aromatic nitrogens is 4. The zero-order valence-corrected chi connectivity index (χ0v) is 15.5. The van der Waals surface area contributed by atoms with Crippen LogP contribution in [0.15, 0.2) is 58.4 Å². The minimum Gasteiger partial charge on any atom is -0.489 e. The molecule has 0 aliphatic rings. The van der Waals surface area contributed by atoms with Gasteiger partial charge in [-0.15, -0.1) is 0 Å². The Bertz CT molecular complexity index is 1330. The topological polar surface area (TPSA) is 133 Å². The standard InChI is InChI=1S/C20H16FN5O4/c21-13-8-11(14-9-15-17(24-14)19(28)26-20(29)25-15)3-4-16(13)30-7-6-23-18(27)12-2-1-5-22-10-12/h1-5,8-10,24H,6-7H2,(H,23,27)(H2,25,26,28,29). The number of pyridine rings is 1. The molecular weight excluding hydrogens is 393 g/mol. The number of H-pyrrole nitrogens is 3. The van der Waals surface area contributed by atoms with Gasteiger partial charge < -0.3 is 20.0 Å². The van der Waals surface area contributed by atoms with Crippen LogP contribution in [0.1, 0.15) is 10.4 Å². The lowest BCUT2D eigenvalue weighted by molar-refractivity contribution is 0.0946. The number of nitrogens with one attached hydrogen (secondary N) is 4. The third kappa shape index (κ3) is 3.97. The molecule has 152 valence electrons. The predicted octanol–water partition coefficient (Wildman–Crippen LogP) is 1.55. The van der Waals surface area contributed by atoms with Crippen molar-refractivity contribution in [1.82, 2.24) is 25.3 Å². The predicted molar refractivity (Wildman–Crippen MR) is 107 cm³/mol. The van der Waals surface area contributed by atoms with Gasteiger partial charge in [-0.3, -0.25) is 19.6 Å². The maximum Gasteiger partial charge on any atom is 0.326 e. The van der Waals surface area contributed by atoms with Crippen molar-refractivity contribution in [2.24, 2.45) is 0 Å². The van der Waals surface area contributed by atoms with Crippen molar-refractivity contribution in [3.63, 3.8) is 0 Å². The van der Waals surface area contributed by atoms with Crippen molar-refractivity contribution in [2.75, 3.05) is 13.2 Å². The largest absolute Gasteiger partial charge is 0.489 e. The van der Waals surface area contributed by atoms with E-state index in [1.807, 2.05) is 0 Å². The second kappa shape index (κ2) is 8.03. The SMILES string of the molecule is O=C(NCCOc1ccc(-c2cc3[nH]c(=O)[nH]c(=O)c3[nH]2)cc1F)c1cccnc1. The van der Waals surface area contributed by atoms with Gasteiger partial charge in [-0.2, -0.15) is 0 Å². The number of carbonyl (C=O) groups excluding carboxylic acids is 1. The minimum atomic E-state index is -0.622. The number of benzene rings is 1. The molecule has 0 bridgehead atoms.